The van der Waals surface area contributed by atoms with Crippen LogP contribution < -0.4 is 10.6 Å². The zero-order chi connectivity index (χ0) is 18.4. The Hall–Kier alpha value is -2.25. The van der Waals surface area contributed by atoms with Crippen LogP contribution in [-0.4, -0.2) is 16.9 Å². The lowest BCUT2D eigenvalue weighted by atomic mass is 10.0. The topological polar surface area (TPSA) is 84.3 Å². The molecule has 0 bridgehead atoms. The van der Waals surface area contributed by atoms with E-state index >= 15 is 0 Å². The van der Waals surface area contributed by atoms with Crippen molar-refractivity contribution in [2.45, 2.75) is 32.4 Å². The molecular formula is C18H20BrN3O3. The van der Waals surface area contributed by atoms with Crippen LogP contribution in [0.25, 0.3) is 0 Å². The quantitative estimate of drug-likeness (QED) is 0.527. The molecule has 2 atom stereocenters. The molecule has 1 amide bonds. The molecular weight excluding hydrogens is 386 g/mol. The molecule has 0 aliphatic carbocycles. The van der Waals surface area contributed by atoms with Crippen molar-refractivity contribution in [3.05, 3.63) is 68.7 Å². The third-order valence-corrected chi connectivity index (χ3v) is 4.41. The number of benzene rings is 2. The fourth-order valence-electron chi connectivity index (χ4n) is 2.50. The van der Waals surface area contributed by atoms with E-state index in [0.717, 1.165) is 16.5 Å². The fraction of sp³-hybridized carbons (Fsp3) is 0.278. The standard InChI is InChI=1S/C18H20BrN3O3/c1-3-15(13-8-10-14(19)11-9-13)20-12(2)18(23)21-16-6-4-5-7-17(16)22(24)25/h4-12,15,20H,3H2,1-2H3,(H,21,23)/t12-,15+/m0/s1. The largest absolute Gasteiger partial charge is 0.319 e. The number of nitrogens with one attached hydrogen (secondary N) is 2. The van der Waals surface area contributed by atoms with Gasteiger partial charge in [-0.3, -0.25) is 20.2 Å². The summed E-state index contributed by atoms with van der Waals surface area (Å²) in [6.45, 7) is 3.78. The fourth-order valence-corrected chi connectivity index (χ4v) is 2.77. The highest BCUT2D eigenvalue weighted by Gasteiger charge is 2.21. The lowest BCUT2D eigenvalue weighted by Gasteiger charge is -2.22. The van der Waals surface area contributed by atoms with Crippen molar-refractivity contribution in [1.29, 1.82) is 0 Å². The first-order valence-corrected chi connectivity index (χ1v) is 8.77. The minimum Gasteiger partial charge on any atom is -0.319 e. The number of para-hydroxylation sites is 2. The number of nitro groups is 1. The van der Waals surface area contributed by atoms with Crippen LogP contribution in [0, 0.1) is 10.1 Å². The molecule has 0 saturated carbocycles. The maximum absolute atomic E-state index is 12.4. The van der Waals surface area contributed by atoms with Crippen LogP contribution in [0.1, 0.15) is 31.9 Å². The van der Waals surface area contributed by atoms with Crippen molar-refractivity contribution < 1.29 is 9.72 Å². The van der Waals surface area contributed by atoms with E-state index in [4.69, 9.17) is 0 Å². The Kier molecular flexibility index (Phi) is 6.66. The summed E-state index contributed by atoms with van der Waals surface area (Å²) in [7, 11) is 0. The number of hydrogen-bond acceptors (Lipinski definition) is 4. The Labute approximate surface area is 154 Å². The minimum atomic E-state index is -0.510. The van der Waals surface area contributed by atoms with E-state index in [1.165, 1.54) is 12.1 Å². The summed E-state index contributed by atoms with van der Waals surface area (Å²) in [5.41, 5.74) is 1.15. The van der Waals surface area contributed by atoms with Crippen molar-refractivity contribution in [2.24, 2.45) is 0 Å². The van der Waals surface area contributed by atoms with Gasteiger partial charge in [0.2, 0.25) is 5.91 Å². The Morgan fingerprint density at radius 3 is 2.44 bits per heavy atom. The lowest BCUT2D eigenvalue weighted by molar-refractivity contribution is -0.383. The Morgan fingerprint density at radius 1 is 1.20 bits per heavy atom. The van der Waals surface area contributed by atoms with Crippen molar-refractivity contribution >= 4 is 33.2 Å². The van der Waals surface area contributed by atoms with Gasteiger partial charge in [-0.1, -0.05) is 47.1 Å². The van der Waals surface area contributed by atoms with Gasteiger partial charge >= 0.3 is 0 Å². The number of hydrogen-bond donors (Lipinski definition) is 2. The first-order chi connectivity index (χ1) is 11.9. The summed E-state index contributed by atoms with van der Waals surface area (Å²) in [5, 5.41) is 16.9. The smallest absolute Gasteiger partial charge is 0.292 e. The molecule has 2 aromatic rings. The average molecular weight is 406 g/mol. The molecule has 0 unspecified atom stereocenters. The van der Waals surface area contributed by atoms with Crippen LogP contribution in [0.4, 0.5) is 11.4 Å². The SMILES string of the molecule is CC[C@@H](N[C@@H](C)C(=O)Nc1ccccc1[N+](=O)[O-])c1ccc(Br)cc1. The van der Waals surface area contributed by atoms with Gasteiger partial charge in [0.1, 0.15) is 5.69 Å². The van der Waals surface area contributed by atoms with Crippen LogP contribution >= 0.6 is 15.9 Å². The number of amides is 1. The predicted octanol–water partition coefficient (Wildman–Crippen LogP) is 4.43. The molecule has 0 radical (unpaired) electrons. The molecule has 2 aromatic carbocycles. The molecule has 0 aromatic heterocycles. The summed E-state index contributed by atoms with van der Waals surface area (Å²) in [5.74, 6) is -0.315. The molecule has 0 saturated heterocycles. The second-order valence-electron chi connectivity index (χ2n) is 5.66. The van der Waals surface area contributed by atoms with Crippen molar-refractivity contribution in [1.82, 2.24) is 5.32 Å². The normalized spacial score (nSPS) is 13.1. The second-order valence-corrected chi connectivity index (χ2v) is 6.58. The van der Waals surface area contributed by atoms with Crippen molar-refractivity contribution in [3.63, 3.8) is 0 Å². The third-order valence-electron chi connectivity index (χ3n) is 3.88. The number of rotatable bonds is 7. The molecule has 132 valence electrons. The first kappa shape index (κ1) is 19.1. The van der Waals surface area contributed by atoms with Crippen LogP contribution in [0.15, 0.2) is 53.0 Å². The summed E-state index contributed by atoms with van der Waals surface area (Å²) in [6, 6.07) is 13.5. The number of halogens is 1. The van der Waals surface area contributed by atoms with Crippen LogP contribution in [0.5, 0.6) is 0 Å². The summed E-state index contributed by atoms with van der Waals surface area (Å²) in [4.78, 5) is 23.0. The highest BCUT2D eigenvalue weighted by molar-refractivity contribution is 9.10. The molecule has 2 N–H and O–H groups in total. The Morgan fingerprint density at radius 2 is 1.84 bits per heavy atom. The maximum Gasteiger partial charge on any atom is 0.292 e. The van der Waals surface area contributed by atoms with E-state index in [9.17, 15) is 14.9 Å². The zero-order valence-electron chi connectivity index (χ0n) is 14.0. The zero-order valence-corrected chi connectivity index (χ0v) is 15.6. The highest BCUT2D eigenvalue weighted by Crippen LogP contribution is 2.24. The van der Waals surface area contributed by atoms with Gasteiger partial charge in [0.05, 0.1) is 11.0 Å². The average Bonchev–Trinajstić information content (AvgIpc) is 2.60. The minimum absolute atomic E-state index is 0.0135. The third kappa shape index (κ3) is 5.11. The van der Waals surface area contributed by atoms with Gasteiger partial charge in [0.25, 0.3) is 5.69 Å². The van der Waals surface area contributed by atoms with Gasteiger partial charge in [0, 0.05) is 16.6 Å². The number of nitro benzene ring substituents is 1. The Bertz CT molecular complexity index is 749. The number of nitrogens with zero attached hydrogens (tertiary/aromatic N) is 1. The predicted molar refractivity (Wildman–Crippen MR) is 101 cm³/mol. The number of carbonyl (C=O) groups is 1. The molecule has 2 rings (SSSR count). The molecule has 0 spiro atoms. The van der Waals surface area contributed by atoms with E-state index in [1.54, 1.807) is 19.1 Å². The van der Waals surface area contributed by atoms with Gasteiger partial charge in [-0.15, -0.1) is 0 Å². The van der Waals surface area contributed by atoms with E-state index in [1.807, 2.05) is 31.2 Å². The first-order valence-electron chi connectivity index (χ1n) is 7.98. The van der Waals surface area contributed by atoms with Gasteiger partial charge < -0.3 is 5.32 Å². The number of anilines is 1. The van der Waals surface area contributed by atoms with E-state index in [2.05, 4.69) is 26.6 Å². The second kappa shape index (κ2) is 8.73. The molecule has 0 heterocycles. The Balaban J connectivity index is 2.07. The van der Waals surface area contributed by atoms with Gasteiger partial charge in [-0.05, 0) is 37.1 Å². The monoisotopic (exact) mass is 405 g/mol. The molecule has 25 heavy (non-hydrogen) atoms. The lowest BCUT2D eigenvalue weighted by Crippen LogP contribution is -2.40. The summed E-state index contributed by atoms with van der Waals surface area (Å²) in [6.07, 6.45) is 0.810. The summed E-state index contributed by atoms with van der Waals surface area (Å²) < 4.78 is 0.994. The maximum atomic E-state index is 12.4. The van der Waals surface area contributed by atoms with E-state index in [-0.39, 0.29) is 23.3 Å². The van der Waals surface area contributed by atoms with Crippen LogP contribution in [-0.2, 0) is 4.79 Å². The van der Waals surface area contributed by atoms with Gasteiger partial charge in [0.15, 0.2) is 0 Å². The van der Waals surface area contributed by atoms with Crippen molar-refractivity contribution in [2.75, 3.05) is 5.32 Å². The van der Waals surface area contributed by atoms with Crippen LogP contribution in [0.3, 0.4) is 0 Å². The summed E-state index contributed by atoms with van der Waals surface area (Å²) >= 11 is 3.41. The molecule has 0 aliphatic heterocycles. The van der Waals surface area contributed by atoms with Crippen molar-refractivity contribution in [3.8, 4) is 0 Å². The molecule has 6 nitrogen and oxygen atoms in total. The number of carbonyl (C=O) groups excluding carboxylic acids is 1. The molecule has 7 heteroatoms. The van der Waals surface area contributed by atoms with Gasteiger partial charge in [-0.25, -0.2) is 0 Å². The molecule has 0 fully saturated rings. The molecule has 0 aliphatic rings. The van der Waals surface area contributed by atoms with E-state index in [0.29, 0.717) is 0 Å². The van der Waals surface area contributed by atoms with Crippen LogP contribution in [0.2, 0.25) is 0 Å². The van der Waals surface area contributed by atoms with E-state index < -0.39 is 11.0 Å². The van der Waals surface area contributed by atoms with Gasteiger partial charge in [-0.2, -0.15) is 0 Å². The highest BCUT2D eigenvalue weighted by atomic mass is 79.9.